The average Bonchev–Trinajstić information content (AvgIpc) is 2.69. The highest BCUT2D eigenvalue weighted by Gasteiger charge is 2.09. The minimum absolute atomic E-state index is 0.199. The molecular formula is C28H38FN. The van der Waals surface area contributed by atoms with E-state index in [1.54, 1.807) is 6.07 Å². The van der Waals surface area contributed by atoms with Crippen molar-refractivity contribution in [2.75, 3.05) is 0 Å². The summed E-state index contributed by atoms with van der Waals surface area (Å²) in [6.07, 6.45) is 8.82. The lowest BCUT2D eigenvalue weighted by molar-refractivity contribution is 0.537. The number of halogens is 1. The van der Waals surface area contributed by atoms with Crippen LogP contribution in [0.5, 0.6) is 0 Å². The highest BCUT2D eigenvalue weighted by molar-refractivity contribution is 5.76. The summed E-state index contributed by atoms with van der Waals surface area (Å²) >= 11 is 0. The van der Waals surface area contributed by atoms with E-state index in [1.165, 1.54) is 0 Å². The van der Waals surface area contributed by atoms with Crippen molar-refractivity contribution in [1.82, 2.24) is 5.32 Å². The first kappa shape index (κ1) is 25.4. The van der Waals surface area contributed by atoms with Gasteiger partial charge in [-0.25, -0.2) is 4.39 Å². The van der Waals surface area contributed by atoms with Crippen LogP contribution < -0.4 is 5.32 Å². The fraction of sp³-hybridized carbons (Fsp3) is 0.357. The van der Waals surface area contributed by atoms with Gasteiger partial charge < -0.3 is 5.32 Å². The Balaban J connectivity index is 3.23. The van der Waals surface area contributed by atoms with Crippen LogP contribution >= 0.6 is 0 Å². The van der Waals surface area contributed by atoms with Gasteiger partial charge in [0.15, 0.2) is 0 Å². The van der Waals surface area contributed by atoms with Crippen LogP contribution in [0.1, 0.15) is 65.5 Å². The van der Waals surface area contributed by atoms with Crippen molar-refractivity contribution in [2.45, 2.75) is 66.8 Å². The van der Waals surface area contributed by atoms with Gasteiger partial charge in [0.1, 0.15) is 5.82 Å². The monoisotopic (exact) mass is 407 g/mol. The molecule has 1 N–H and O–H groups in total. The lowest BCUT2D eigenvalue weighted by Gasteiger charge is -2.19. The molecule has 0 saturated heterocycles. The summed E-state index contributed by atoms with van der Waals surface area (Å²) in [5.41, 5.74) is 7.35. The van der Waals surface area contributed by atoms with Crippen LogP contribution in [0.15, 0.2) is 84.2 Å². The highest BCUT2D eigenvalue weighted by Crippen LogP contribution is 2.25. The molecule has 0 radical (unpaired) electrons. The van der Waals surface area contributed by atoms with Gasteiger partial charge in [-0.2, -0.15) is 0 Å². The fourth-order valence-electron chi connectivity index (χ4n) is 3.16. The first-order valence-electron chi connectivity index (χ1n) is 10.7. The van der Waals surface area contributed by atoms with Crippen LogP contribution in [0.4, 0.5) is 4.39 Å². The van der Waals surface area contributed by atoms with Crippen molar-refractivity contribution in [1.29, 1.82) is 0 Å². The maximum absolute atomic E-state index is 14.6. The molecule has 0 aliphatic heterocycles. The van der Waals surface area contributed by atoms with E-state index < -0.39 is 0 Å². The number of hydrogen-bond acceptors (Lipinski definition) is 1. The molecule has 0 heterocycles. The third kappa shape index (κ3) is 7.67. The molecule has 1 rings (SSSR count). The lowest BCUT2D eigenvalue weighted by atomic mass is 9.96. The lowest BCUT2D eigenvalue weighted by Crippen LogP contribution is -2.26. The zero-order valence-electron chi connectivity index (χ0n) is 19.7. The molecule has 0 bridgehead atoms. The molecule has 0 aliphatic rings. The van der Waals surface area contributed by atoms with Gasteiger partial charge >= 0.3 is 0 Å². The molecule has 0 atom stereocenters. The van der Waals surface area contributed by atoms with E-state index >= 15 is 0 Å². The molecule has 1 aromatic rings. The zero-order valence-corrected chi connectivity index (χ0v) is 19.7. The van der Waals surface area contributed by atoms with Crippen LogP contribution in [0.3, 0.4) is 0 Å². The van der Waals surface area contributed by atoms with Crippen molar-refractivity contribution < 1.29 is 4.39 Å². The molecule has 162 valence electrons. The van der Waals surface area contributed by atoms with Gasteiger partial charge in [-0.3, -0.25) is 0 Å². The topological polar surface area (TPSA) is 12.0 Å². The minimum Gasteiger partial charge on any atom is -0.383 e. The minimum atomic E-state index is -0.199. The Labute approximate surface area is 183 Å². The largest absolute Gasteiger partial charge is 0.383 e. The van der Waals surface area contributed by atoms with Crippen LogP contribution in [0.25, 0.3) is 5.57 Å². The summed E-state index contributed by atoms with van der Waals surface area (Å²) in [5.74, 6) is -0.199. The Bertz CT molecular complexity index is 876. The van der Waals surface area contributed by atoms with Crippen LogP contribution in [-0.4, -0.2) is 6.04 Å². The summed E-state index contributed by atoms with van der Waals surface area (Å²) in [7, 11) is 0. The van der Waals surface area contributed by atoms with E-state index in [0.717, 1.165) is 52.0 Å². The smallest absolute Gasteiger partial charge is 0.127 e. The fourth-order valence-corrected chi connectivity index (χ4v) is 3.16. The Morgan fingerprint density at radius 3 is 2.17 bits per heavy atom. The van der Waals surface area contributed by atoms with Crippen molar-refractivity contribution in [3.63, 3.8) is 0 Å². The molecule has 0 fully saturated rings. The van der Waals surface area contributed by atoms with Crippen molar-refractivity contribution >= 4 is 5.57 Å². The Morgan fingerprint density at radius 1 is 1.07 bits per heavy atom. The molecule has 30 heavy (non-hydrogen) atoms. The molecule has 0 unspecified atom stereocenters. The molecule has 2 heteroatoms. The number of rotatable bonds is 11. The highest BCUT2D eigenvalue weighted by atomic mass is 19.1. The van der Waals surface area contributed by atoms with E-state index in [-0.39, 0.29) is 5.82 Å². The summed E-state index contributed by atoms with van der Waals surface area (Å²) < 4.78 is 14.6. The summed E-state index contributed by atoms with van der Waals surface area (Å²) in [6.45, 7) is 24.5. The molecule has 1 aromatic carbocycles. The van der Waals surface area contributed by atoms with Gasteiger partial charge in [-0.1, -0.05) is 62.9 Å². The first-order valence-corrected chi connectivity index (χ1v) is 10.7. The van der Waals surface area contributed by atoms with E-state index in [1.807, 2.05) is 39.0 Å². The average molecular weight is 408 g/mol. The van der Waals surface area contributed by atoms with E-state index in [4.69, 9.17) is 0 Å². The predicted molar refractivity (Wildman–Crippen MR) is 132 cm³/mol. The van der Waals surface area contributed by atoms with E-state index in [9.17, 15) is 4.39 Å². The third-order valence-electron chi connectivity index (χ3n) is 5.21. The standard InChI is InChI=1S/C28H38FN/c1-10-23(24-13-14-25(15-19(4)5)28(29)18-24)17-26(20(6)7)16-21(8)22(9)30-27(11-2)12-3/h10,13-14,16-18,27,30H,4,6,9,11-12,15H2,1-3,5,7-8H3/b21-16+,23-10?,26-17-. The van der Waals surface area contributed by atoms with Crippen LogP contribution in [0, 0.1) is 5.82 Å². The molecule has 0 saturated carbocycles. The Kier molecular flexibility index (Phi) is 10.3. The van der Waals surface area contributed by atoms with Crippen molar-refractivity contribution in [3.8, 4) is 0 Å². The van der Waals surface area contributed by atoms with Crippen molar-refractivity contribution in [3.05, 3.63) is 101 Å². The normalized spacial score (nSPS) is 12.9. The van der Waals surface area contributed by atoms with Crippen LogP contribution in [0.2, 0.25) is 0 Å². The second kappa shape index (κ2) is 12.2. The van der Waals surface area contributed by atoms with Gasteiger partial charge in [0.25, 0.3) is 0 Å². The Hall–Kier alpha value is -2.61. The van der Waals surface area contributed by atoms with Gasteiger partial charge in [-0.15, -0.1) is 0 Å². The first-order chi connectivity index (χ1) is 14.1. The summed E-state index contributed by atoms with van der Waals surface area (Å²) in [4.78, 5) is 0. The van der Waals surface area contributed by atoms with Gasteiger partial charge in [-0.05, 0) is 93.0 Å². The SMILES string of the molecule is C=C(C)Cc1ccc(C(=CC)/C=C(/C=C(\C)C(=C)NC(CC)CC)C(=C)C)cc1F. The van der Waals surface area contributed by atoms with E-state index in [0.29, 0.717) is 18.0 Å². The number of benzene rings is 1. The number of hydrogen-bond donors (Lipinski definition) is 1. The third-order valence-corrected chi connectivity index (χ3v) is 5.21. The zero-order chi connectivity index (χ0) is 22.8. The van der Waals surface area contributed by atoms with Gasteiger partial charge in [0.2, 0.25) is 0 Å². The maximum atomic E-state index is 14.6. The quantitative estimate of drug-likeness (QED) is 0.289. The molecule has 0 spiro atoms. The van der Waals surface area contributed by atoms with E-state index in [2.05, 4.69) is 58.0 Å². The molecule has 0 aromatic heterocycles. The second-order valence-electron chi connectivity index (χ2n) is 8.03. The predicted octanol–water partition coefficient (Wildman–Crippen LogP) is 8.09. The Morgan fingerprint density at radius 2 is 1.70 bits per heavy atom. The molecular weight excluding hydrogens is 369 g/mol. The molecule has 0 amide bonds. The van der Waals surface area contributed by atoms with Crippen molar-refractivity contribution in [2.24, 2.45) is 0 Å². The maximum Gasteiger partial charge on any atom is 0.127 e. The number of allylic oxidation sites excluding steroid dienone is 8. The van der Waals surface area contributed by atoms with Gasteiger partial charge in [0.05, 0.1) is 0 Å². The summed E-state index contributed by atoms with van der Waals surface area (Å²) in [5, 5.41) is 3.50. The molecule has 1 nitrogen and oxygen atoms in total. The van der Waals surface area contributed by atoms with Gasteiger partial charge in [0, 0.05) is 11.7 Å². The number of nitrogens with one attached hydrogen (secondary N) is 1. The summed E-state index contributed by atoms with van der Waals surface area (Å²) in [6, 6.07) is 5.84. The van der Waals surface area contributed by atoms with Crippen LogP contribution in [-0.2, 0) is 6.42 Å². The second-order valence-corrected chi connectivity index (χ2v) is 8.03. The molecule has 0 aliphatic carbocycles.